The zero-order valence-corrected chi connectivity index (χ0v) is 23.3. The quantitative estimate of drug-likeness (QED) is 0.483. The molecule has 4 rings (SSSR count). The van der Waals surface area contributed by atoms with Crippen LogP contribution in [0, 0.1) is 0 Å². The molecule has 3 amide bonds. The summed E-state index contributed by atoms with van der Waals surface area (Å²) in [6.45, 7) is 5.89. The number of carbonyl (C=O) groups excluding carboxylic acids is 2. The van der Waals surface area contributed by atoms with Crippen molar-refractivity contribution in [3.63, 3.8) is 0 Å². The van der Waals surface area contributed by atoms with Gasteiger partial charge in [0, 0.05) is 51.0 Å². The van der Waals surface area contributed by atoms with Crippen LogP contribution in [0.1, 0.15) is 45.1 Å². The number of nitrogens with one attached hydrogen (secondary N) is 1. The topological polar surface area (TPSA) is 143 Å². The number of carbonyl (C=O) groups is 2. The number of benzene rings is 1. The monoisotopic (exact) mass is 538 g/mol. The number of urea groups is 1. The van der Waals surface area contributed by atoms with E-state index in [-0.39, 0.29) is 17.8 Å². The molecule has 0 spiro atoms. The molecule has 2 aromatic rings. The molecule has 0 unspecified atom stereocenters. The number of rotatable bonds is 7. The van der Waals surface area contributed by atoms with Gasteiger partial charge in [0.2, 0.25) is 5.91 Å². The van der Waals surface area contributed by atoms with E-state index in [0.717, 1.165) is 38.6 Å². The normalized spacial score (nSPS) is 20.3. The molecule has 212 valence electrons. The maximum Gasteiger partial charge on any atom is 0.354 e. The third-order valence-corrected chi connectivity index (χ3v) is 7.78. The third kappa shape index (κ3) is 7.43. The largest absolute Gasteiger partial charge is 0.354 e. The van der Waals surface area contributed by atoms with Gasteiger partial charge in [0.05, 0.1) is 11.2 Å². The first-order valence-electron chi connectivity index (χ1n) is 13.8. The number of likely N-dealkylation sites (N-methyl/N-ethyl adjacent to an activating group) is 1. The van der Waals surface area contributed by atoms with E-state index < -0.39 is 11.2 Å². The summed E-state index contributed by atoms with van der Waals surface area (Å²) in [4.78, 5) is 47.5. The molecule has 0 atom stereocenters. The van der Waals surface area contributed by atoms with Gasteiger partial charge in [-0.05, 0) is 76.8 Å². The summed E-state index contributed by atoms with van der Waals surface area (Å²) in [7, 11) is 2.19. The predicted molar refractivity (Wildman–Crippen MR) is 152 cm³/mol. The minimum atomic E-state index is -0.945. The Balaban J connectivity index is 1.28. The molecule has 39 heavy (non-hydrogen) atoms. The molecule has 1 saturated heterocycles. The molecule has 1 aliphatic carbocycles. The number of anilines is 1. The Morgan fingerprint density at radius 2 is 1.64 bits per heavy atom. The van der Waals surface area contributed by atoms with Crippen molar-refractivity contribution in [3.05, 3.63) is 52.6 Å². The van der Waals surface area contributed by atoms with Crippen molar-refractivity contribution in [1.29, 1.82) is 0 Å². The van der Waals surface area contributed by atoms with E-state index in [0.29, 0.717) is 44.0 Å². The van der Waals surface area contributed by atoms with Crippen LogP contribution in [0.2, 0.25) is 0 Å². The SMILES string of the molecule is CN(CCc1ccc(-n2ccc(NC(=O)N3CCN(C(=O)C(C)(C)N)CC3)nc2=O)cc1)C1CCC(N)CC1. The lowest BCUT2D eigenvalue weighted by molar-refractivity contribution is -0.137. The van der Waals surface area contributed by atoms with E-state index in [4.69, 9.17) is 11.5 Å². The van der Waals surface area contributed by atoms with Gasteiger partial charge in [-0.3, -0.25) is 14.7 Å². The molecular formula is C28H42N8O3. The Bertz CT molecular complexity index is 1190. The Kier molecular flexibility index (Phi) is 9.04. The van der Waals surface area contributed by atoms with E-state index in [1.54, 1.807) is 35.9 Å². The summed E-state index contributed by atoms with van der Waals surface area (Å²) in [6, 6.07) is 10.1. The van der Waals surface area contributed by atoms with Gasteiger partial charge in [-0.25, -0.2) is 9.59 Å². The Morgan fingerprint density at radius 3 is 2.23 bits per heavy atom. The average Bonchev–Trinajstić information content (AvgIpc) is 2.92. The second kappa shape index (κ2) is 12.3. The van der Waals surface area contributed by atoms with Crippen molar-refractivity contribution >= 4 is 17.8 Å². The van der Waals surface area contributed by atoms with E-state index in [1.165, 1.54) is 10.1 Å². The highest BCUT2D eigenvalue weighted by atomic mass is 16.2. The molecule has 1 aromatic heterocycles. The number of amides is 3. The summed E-state index contributed by atoms with van der Waals surface area (Å²) in [5.74, 6) is 0.0458. The van der Waals surface area contributed by atoms with Crippen molar-refractivity contribution in [2.75, 3.05) is 45.1 Å². The third-order valence-electron chi connectivity index (χ3n) is 7.78. The van der Waals surface area contributed by atoms with Crippen LogP contribution in [-0.4, -0.2) is 93.6 Å². The minimum absolute atomic E-state index is 0.141. The van der Waals surface area contributed by atoms with Gasteiger partial charge in [-0.2, -0.15) is 4.98 Å². The first kappa shape index (κ1) is 28.7. The second-order valence-corrected chi connectivity index (χ2v) is 11.4. The van der Waals surface area contributed by atoms with Crippen LogP contribution in [0.3, 0.4) is 0 Å². The van der Waals surface area contributed by atoms with Crippen LogP contribution >= 0.6 is 0 Å². The molecule has 11 heteroatoms. The minimum Gasteiger partial charge on any atom is -0.338 e. The Hall–Kier alpha value is -3.28. The second-order valence-electron chi connectivity index (χ2n) is 11.4. The number of hydrogen-bond acceptors (Lipinski definition) is 7. The fourth-order valence-electron chi connectivity index (χ4n) is 5.23. The summed E-state index contributed by atoms with van der Waals surface area (Å²) in [6.07, 6.45) is 7.07. The van der Waals surface area contributed by atoms with E-state index in [9.17, 15) is 14.4 Å². The standard InChI is InChI=1S/C28H42N8O3/c1-28(2,30)25(37)34-16-18-35(19-17-34)26(38)31-24-13-15-36(27(39)32-24)23-8-4-20(5-9-23)12-14-33(3)22-10-6-21(29)7-11-22/h4-5,8-9,13,15,21-22H,6-7,10-12,14,16-19,29-30H2,1-3H3,(H,31,32,38,39). The van der Waals surface area contributed by atoms with Crippen molar-refractivity contribution in [3.8, 4) is 5.69 Å². The molecule has 1 saturated carbocycles. The lowest BCUT2D eigenvalue weighted by Crippen LogP contribution is -2.58. The van der Waals surface area contributed by atoms with Gasteiger partial charge < -0.3 is 26.2 Å². The van der Waals surface area contributed by atoms with E-state index in [2.05, 4.69) is 22.2 Å². The van der Waals surface area contributed by atoms with Gasteiger partial charge in [-0.15, -0.1) is 0 Å². The highest BCUT2D eigenvalue weighted by Gasteiger charge is 2.31. The number of piperazine rings is 1. The van der Waals surface area contributed by atoms with Crippen molar-refractivity contribution in [2.24, 2.45) is 11.5 Å². The molecule has 2 fully saturated rings. The summed E-state index contributed by atoms with van der Waals surface area (Å²) >= 11 is 0. The zero-order valence-electron chi connectivity index (χ0n) is 23.3. The van der Waals surface area contributed by atoms with E-state index in [1.807, 2.05) is 24.3 Å². The fourth-order valence-corrected chi connectivity index (χ4v) is 5.23. The molecule has 1 aliphatic heterocycles. The Morgan fingerprint density at radius 1 is 1.03 bits per heavy atom. The van der Waals surface area contributed by atoms with Crippen LogP contribution in [0.25, 0.3) is 5.69 Å². The average molecular weight is 539 g/mol. The molecule has 2 aliphatic rings. The number of hydrogen-bond donors (Lipinski definition) is 3. The first-order valence-corrected chi connectivity index (χ1v) is 13.8. The van der Waals surface area contributed by atoms with Crippen molar-refractivity contribution in [1.82, 2.24) is 24.3 Å². The maximum absolute atomic E-state index is 12.7. The molecule has 0 bridgehead atoms. The van der Waals surface area contributed by atoms with Crippen LogP contribution in [0.5, 0.6) is 0 Å². The Labute approximate surface area is 230 Å². The molecule has 1 aromatic carbocycles. The van der Waals surface area contributed by atoms with Crippen LogP contribution in [0.15, 0.2) is 41.3 Å². The van der Waals surface area contributed by atoms with Crippen LogP contribution in [-0.2, 0) is 11.2 Å². The zero-order chi connectivity index (χ0) is 28.2. The first-order chi connectivity index (χ1) is 18.5. The van der Waals surface area contributed by atoms with Gasteiger partial charge in [-0.1, -0.05) is 12.1 Å². The highest BCUT2D eigenvalue weighted by molar-refractivity contribution is 5.89. The van der Waals surface area contributed by atoms with Crippen molar-refractivity contribution in [2.45, 2.75) is 63.6 Å². The van der Waals surface area contributed by atoms with Gasteiger partial charge in [0.15, 0.2) is 0 Å². The number of nitrogens with zero attached hydrogens (tertiary/aromatic N) is 5. The number of aromatic nitrogens is 2. The molecule has 2 heterocycles. The van der Waals surface area contributed by atoms with E-state index >= 15 is 0 Å². The predicted octanol–water partition coefficient (Wildman–Crippen LogP) is 1.39. The maximum atomic E-state index is 12.7. The summed E-state index contributed by atoms with van der Waals surface area (Å²) < 4.78 is 1.45. The van der Waals surface area contributed by atoms with Crippen LogP contribution < -0.4 is 22.5 Å². The van der Waals surface area contributed by atoms with Gasteiger partial charge >= 0.3 is 11.7 Å². The highest BCUT2D eigenvalue weighted by Crippen LogP contribution is 2.21. The molecule has 5 N–H and O–H groups in total. The summed E-state index contributed by atoms with van der Waals surface area (Å²) in [5, 5.41) is 2.69. The molecule has 0 radical (unpaired) electrons. The van der Waals surface area contributed by atoms with Gasteiger partial charge in [0.1, 0.15) is 5.82 Å². The fraction of sp³-hybridized carbons (Fsp3) is 0.571. The summed E-state index contributed by atoms with van der Waals surface area (Å²) in [5.41, 5.74) is 12.4. The van der Waals surface area contributed by atoms with Crippen molar-refractivity contribution < 1.29 is 9.59 Å². The smallest absolute Gasteiger partial charge is 0.338 e. The van der Waals surface area contributed by atoms with Gasteiger partial charge in [0.25, 0.3) is 0 Å². The lowest BCUT2D eigenvalue weighted by atomic mass is 9.91. The lowest BCUT2D eigenvalue weighted by Gasteiger charge is -2.37. The molecular weight excluding hydrogens is 496 g/mol. The number of nitrogens with two attached hydrogens (primary N) is 2. The molecule has 11 nitrogen and oxygen atoms in total. The van der Waals surface area contributed by atoms with Crippen LogP contribution in [0.4, 0.5) is 10.6 Å².